The van der Waals surface area contributed by atoms with Crippen molar-refractivity contribution in [2.75, 3.05) is 0 Å². The Hall–Kier alpha value is 0.269. The van der Waals surface area contributed by atoms with Crippen LogP contribution in [-0.4, -0.2) is 26.1 Å². The van der Waals surface area contributed by atoms with Gasteiger partial charge < -0.3 is 0 Å². The summed E-state index contributed by atoms with van der Waals surface area (Å²) in [5.41, 5.74) is 0. The van der Waals surface area contributed by atoms with Gasteiger partial charge in [-0.1, -0.05) is 0 Å². The van der Waals surface area contributed by atoms with Crippen LogP contribution in [0.5, 0.6) is 0 Å². The Morgan fingerprint density at radius 1 is 0.682 bits per heavy atom. The fraction of sp³-hybridized carbons (Fsp3) is 0.947. The van der Waals surface area contributed by atoms with E-state index in [1.165, 1.54) is 85.9 Å². The molecule has 0 rings (SSSR count). The monoisotopic (exact) mass is 419 g/mol. The third-order valence-electron chi connectivity index (χ3n) is 4.17. The van der Waals surface area contributed by atoms with Crippen LogP contribution in [0.2, 0.25) is 8.87 Å². The third-order valence-corrected chi connectivity index (χ3v) is 10.8. The second-order valence-corrected chi connectivity index (χ2v) is 12.9. The molecule has 0 aromatic heterocycles. The van der Waals surface area contributed by atoms with Gasteiger partial charge in [0.05, 0.1) is 0 Å². The first-order valence-corrected chi connectivity index (χ1v) is 15.0. The Morgan fingerprint density at radius 2 is 1.09 bits per heavy atom. The fourth-order valence-electron chi connectivity index (χ4n) is 2.67. The summed E-state index contributed by atoms with van der Waals surface area (Å²) in [5.74, 6) is 0.0614. The summed E-state index contributed by atoms with van der Waals surface area (Å²) in [6.45, 7) is 6.44. The van der Waals surface area contributed by atoms with E-state index in [-0.39, 0.29) is 5.97 Å². The van der Waals surface area contributed by atoms with Crippen molar-refractivity contribution in [3.8, 4) is 0 Å². The summed E-state index contributed by atoms with van der Waals surface area (Å²) >= 11 is -1.88. The van der Waals surface area contributed by atoms with Gasteiger partial charge in [-0.25, -0.2) is 0 Å². The molecule has 0 atom stereocenters. The summed E-state index contributed by atoms with van der Waals surface area (Å²) in [4.78, 5) is 11.6. The quantitative estimate of drug-likeness (QED) is 0.207. The van der Waals surface area contributed by atoms with Gasteiger partial charge in [-0.15, -0.1) is 0 Å². The van der Waals surface area contributed by atoms with Crippen molar-refractivity contribution in [2.24, 2.45) is 0 Å². The molecular formula is C19H39O2Sn. The average Bonchev–Trinajstić information content (AvgIpc) is 2.53. The molecule has 131 valence electrons. The average molecular weight is 418 g/mol. The van der Waals surface area contributed by atoms with E-state index in [0.29, 0.717) is 6.42 Å². The predicted molar refractivity (Wildman–Crippen MR) is 98.5 cm³/mol. The van der Waals surface area contributed by atoms with Gasteiger partial charge in [-0.3, -0.25) is 0 Å². The second kappa shape index (κ2) is 17.6. The number of carbonyl (C=O) groups is 1. The summed E-state index contributed by atoms with van der Waals surface area (Å²) in [6.07, 6.45) is 16.7. The molecular weight excluding hydrogens is 379 g/mol. The van der Waals surface area contributed by atoms with Crippen molar-refractivity contribution >= 4 is 26.1 Å². The zero-order valence-corrected chi connectivity index (χ0v) is 18.3. The number of rotatable bonds is 16. The normalized spacial score (nSPS) is 11.1. The van der Waals surface area contributed by atoms with Crippen molar-refractivity contribution in [1.29, 1.82) is 0 Å². The van der Waals surface area contributed by atoms with Gasteiger partial charge in [-0.05, 0) is 0 Å². The van der Waals surface area contributed by atoms with Gasteiger partial charge in [0.15, 0.2) is 0 Å². The first-order chi connectivity index (χ1) is 10.7. The van der Waals surface area contributed by atoms with Crippen LogP contribution in [-0.2, 0) is 7.87 Å². The second-order valence-electron chi connectivity index (χ2n) is 6.40. The molecule has 0 unspecified atom stereocenters. The molecule has 0 aliphatic rings. The van der Waals surface area contributed by atoms with Crippen LogP contribution in [0.3, 0.4) is 0 Å². The van der Waals surface area contributed by atoms with Gasteiger partial charge in [-0.2, -0.15) is 0 Å². The minimum absolute atomic E-state index is 0.0614. The topological polar surface area (TPSA) is 26.3 Å². The molecule has 0 aromatic carbocycles. The van der Waals surface area contributed by atoms with Gasteiger partial charge in [0.1, 0.15) is 0 Å². The maximum absolute atomic E-state index is 11.6. The van der Waals surface area contributed by atoms with E-state index in [4.69, 9.17) is 3.07 Å². The van der Waals surface area contributed by atoms with E-state index in [9.17, 15) is 4.79 Å². The van der Waals surface area contributed by atoms with E-state index >= 15 is 0 Å². The predicted octanol–water partition coefficient (Wildman–Crippen LogP) is 6.65. The Bertz CT molecular complexity index is 228. The van der Waals surface area contributed by atoms with Gasteiger partial charge >= 0.3 is 147 Å². The first-order valence-electron chi connectivity index (χ1n) is 9.79. The number of hydrogen-bond acceptors (Lipinski definition) is 2. The van der Waals surface area contributed by atoms with E-state index in [1.807, 2.05) is 6.92 Å². The van der Waals surface area contributed by atoms with Gasteiger partial charge in [0.25, 0.3) is 0 Å². The van der Waals surface area contributed by atoms with Crippen LogP contribution in [0, 0.1) is 0 Å². The molecule has 0 aliphatic heterocycles. The Balaban J connectivity index is 3.77. The van der Waals surface area contributed by atoms with Crippen molar-refractivity contribution in [3.63, 3.8) is 0 Å². The molecule has 0 N–H and O–H groups in total. The minimum atomic E-state index is -1.88. The van der Waals surface area contributed by atoms with Crippen LogP contribution in [0.1, 0.15) is 104 Å². The molecule has 0 saturated carbocycles. The molecule has 0 aromatic rings. The molecule has 0 saturated heterocycles. The SMILES string of the molecule is CCCCCCC[CH2][Sn]([CH2]CCCCCCC)[O]C(=O)CC. The molecule has 3 heteroatoms. The van der Waals surface area contributed by atoms with E-state index in [2.05, 4.69) is 13.8 Å². The first kappa shape index (κ1) is 22.3. The maximum atomic E-state index is 11.6. The number of hydrogen-bond donors (Lipinski definition) is 0. The summed E-state index contributed by atoms with van der Waals surface area (Å²) < 4.78 is 8.33. The molecule has 22 heavy (non-hydrogen) atoms. The molecule has 0 amide bonds. The van der Waals surface area contributed by atoms with Crippen LogP contribution < -0.4 is 0 Å². The summed E-state index contributed by atoms with van der Waals surface area (Å²) in [5, 5.41) is 0. The summed E-state index contributed by atoms with van der Waals surface area (Å²) in [6, 6.07) is 0. The molecule has 2 nitrogen and oxygen atoms in total. The summed E-state index contributed by atoms with van der Waals surface area (Å²) in [7, 11) is 0. The molecule has 0 fully saturated rings. The number of carbonyl (C=O) groups excluding carboxylic acids is 1. The third kappa shape index (κ3) is 15.2. The van der Waals surface area contributed by atoms with Crippen molar-refractivity contribution in [3.05, 3.63) is 0 Å². The zero-order valence-electron chi connectivity index (χ0n) is 15.4. The number of unbranched alkanes of at least 4 members (excludes halogenated alkanes) is 10. The standard InChI is InChI=1S/2C8H17.C3H6O2.Sn/c2*1-3-5-7-8-6-4-2;1-2-3(4)5;/h2*1,3-8H2,2H3;2H2,1H3,(H,4,5);/q;;;+1/p-1. The van der Waals surface area contributed by atoms with Crippen LogP contribution in [0.4, 0.5) is 0 Å². The van der Waals surface area contributed by atoms with Crippen molar-refractivity contribution in [1.82, 2.24) is 0 Å². The molecule has 0 spiro atoms. The van der Waals surface area contributed by atoms with Crippen molar-refractivity contribution in [2.45, 2.75) is 113 Å². The molecule has 0 heterocycles. The van der Waals surface area contributed by atoms with Crippen LogP contribution in [0.15, 0.2) is 0 Å². The molecule has 1 radical (unpaired) electrons. The Morgan fingerprint density at radius 3 is 1.50 bits per heavy atom. The Labute approximate surface area is 147 Å². The fourth-order valence-corrected chi connectivity index (χ4v) is 8.97. The van der Waals surface area contributed by atoms with E-state index < -0.39 is 20.2 Å². The van der Waals surface area contributed by atoms with Crippen molar-refractivity contribution < 1.29 is 7.87 Å². The van der Waals surface area contributed by atoms with Gasteiger partial charge in [0.2, 0.25) is 0 Å². The van der Waals surface area contributed by atoms with Crippen LogP contribution >= 0.6 is 0 Å². The van der Waals surface area contributed by atoms with E-state index in [1.54, 1.807) is 0 Å². The van der Waals surface area contributed by atoms with E-state index in [0.717, 1.165) is 0 Å². The van der Waals surface area contributed by atoms with Crippen LogP contribution in [0.25, 0.3) is 0 Å². The molecule has 0 aliphatic carbocycles. The zero-order chi connectivity index (χ0) is 16.5. The van der Waals surface area contributed by atoms with Gasteiger partial charge in [0, 0.05) is 0 Å². The Kier molecular flexibility index (Phi) is 17.8. The molecule has 0 bridgehead atoms.